The number of nitrogens with zero attached hydrogens (tertiary/aromatic N) is 1. The van der Waals surface area contributed by atoms with Gasteiger partial charge in [-0.2, -0.15) is 5.06 Å². The number of aromatic hydroxyl groups is 1. The molecular weight excluding hydrogens is 564 g/mol. The van der Waals surface area contributed by atoms with Gasteiger partial charge in [0.2, 0.25) is 5.91 Å². The highest BCUT2D eigenvalue weighted by Gasteiger charge is 2.78. The van der Waals surface area contributed by atoms with Crippen molar-refractivity contribution < 1.29 is 38.9 Å². The van der Waals surface area contributed by atoms with E-state index >= 15 is 0 Å². The van der Waals surface area contributed by atoms with Crippen LogP contribution in [0.3, 0.4) is 0 Å². The van der Waals surface area contributed by atoms with E-state index < -0.39 is 47.6 Å². The lowest BCUT2D eigenvalue weighted by Gasteiger charge is -2.48. The normalized spacial score (nSPS) is 33.8. The molecule has 2 aromatic carbocycles. The van der Waals surface area contributed by atoms with Crippen LogP contribution in [0.2, 0.25) is 0 Å². The van der Waals surface area contributed by atoms with E-state index in [9.17, 15) is 19.8 Å². The Kier molecular flexibility index (Phi) is 6.84. The molecule has 8 rings (SSSR count). The van der Waals surface area contributed by atoms with Crippen LogP contribution in [0.4, 0.5) is 0 Å². The van der Waals surface area contributed by atoms with Gasteiger partial charge in [-0.15, -0.1) is 0 Å². The van der Waals surface area contributed by atoms with Gasteiger partial charge in [-0.1, -0.05) is 54.6 Å². The van der Waals surface area contributed by atoms with E-state index in [1.807, 2.05) is 48.6 Å². The highest BCUT2D eigenvalue weighted by Crippen LogP contribution is 2.63. The van der Waals surface area contributed by atoms with E-state index in [0.717, 1.165) is 42.4 Å². The van der Waals surface area contributed by atoms with Crippen LogP contribution in [0, 0.1) is 17.3 Å². The van der Waals surface area contributed by atoms with E-state index in [0.29, 0.717) is 18.3 Å². The molecule has 3 saturated heterocycles. The summed E-state index contributed by atoms with van der Waals surface area (Å²) in [5.74, 6) is -0.646. The number of aliphatic hydroxyl groups excluding tert-OH is 1. The second-order valence-corrected chi connectivity index (χ2v) is 13.1. The molecule has 3 aliphatic heterocycles. The zero-order valence-electron chi connectivity index (χ0n) is 24.5. The molecule has 6 atom stereocenters. The molecule has 3 N–H and O–H groups in total. The number of aliphatic hydroxyl groups is 1. The molecule has 10 heteroatoms. The lowest BCUT2D eigenvalue weighted by Crippen LogP contribution is -2.69. The largest absolute Gasteiger partial charge is 0.508 e. The molecule has 3 saturated carbocycles. The molecule has 3 heterocycles. The summed E-state index contributed by atoms with van der Waals surface area (Å²) in [5.41, 5.74) is 1.47. The number of hydrogen-bond acceptors (Lipinski definition) is 9. The van der Waals surface area contributed by atoms with E-state index in [-0.39, 0.29) is 37.8 Å². The number of phenolic OH excluding ortho intramolecular Hbond substituents is 1. The lowest BCUT2D eigenvalue weighted by atomic mass is 9.62. The first kappa shape index (κ1) is 28.2. The monoisotopic (exact) mass is 602 g/mol. The standard InChI is InChI=1S/C34H38N2O8/c37-16-15-35-32(40)33-18-26-27-28(43-34(42-27,23-11-12-23)24-13-14-24)30(33)44-36(29(33)31(39)41-26)19-21-7-3-5-20(17-21)6-4-9-22-8-1-2-10-25(22)38/h1-8,10,17,23-24,26-30,37-38H,9,11-16,18-19H2,(H,35,40)/t26-,27+,28+,29+,30-,33+/m1/s1. The second-order valence-electron chi connectivity index (χ2n) is 13.1. The number of hydrogen-bond donors (Lipinski definition) is 3. The third-order valence-corrected chi connectivity index (χ3v) is 10.2. The highest BCUT2D eigenvalue weighted by atomic mass is 16.8. The van der Waals surface area contributed by atoms with Gasteiger partial charge in [0.15, 0.2) is 11.8 Å². The maximum atomic E-state index is 14.0. The van der Waals surface area contributed by atoms with Crippen LogP contribution >= 0.6 is 0 Å². The van der Waals surface area contributed by atoms with Gasteiger partial charge < -0.3 is 29.7 Å². The minimum Gasteiger partial charge on any atom is -0.508 e. The third kappa shape index (κ3) is 4.49. The van der Waals surface area contributed by atoms with Gasteiger partial charge in [0.05, 0.1) is 13.2 Å². The number of para-hydroxylation sites is 1. The molecular formula is C34H38N2O8. The van der Waals surface area contributed by atoms with Crippen molar-refractivity contribution in [3.05, 3.63) is 71.3 Å². The number of fused-ring (bicyclic) bond motifs is 4. The lowest BCUT2D eigenvalue weighted by molar-refractivity contribution is -0.235. The van der Waals surface area contributed by atoms with Gasteiger partial charge in [0.25, 0.3) is 0 Å². The Balaban J connectivity index is 1.08. The van der Waals surface area contributed by atoms with Crippen LogP contribution in [0.1, 0.15) is 48.8 Å². The van der Waals surface area contributed by atoms with Crippen LogP contribution in [0.15, 0.2) is 54.6 Å². The van der Waals surface area contributed by atoms with Crippen molar-refractivity contribution in [3.63, 3.8) is 0 Å². The molecule has 0 unspecified atom stereocenters. The van der Waals surface area contributed by atoms with E-state index in [4.69, 9.17) is 19.0 Å². The Morgan fingerprint density at radius 3 is 2.57 bits per heavy atom. The molecule has 232 valence electrons. The maximum absolute atomic E-state index is 14.0. The van der Waals surface area contributed by atoms with Crippen LogP contribution in [-0.2, 0) is 41.6 Å². The fraction of sp³-hybridized carbons (Fsp3) is 0.529. The molecule has 6 fully saturated rings. The van der Waals surface area contributed by atoms with E-state index in [1.165, 1.54) is 0 Å². The maximum Gasteiger partial charge on any atom is 0.327 e. The number of esters is 1. The summed E-state index contributed by atoms with van der Waals surface area (Å²) >= 11 is 0. The number of carbonyl (C=O) groups is 2. The first-order chi connectivity index (χ1) is 21.4. The van der Waals surface area contributed by atoms with Crippen molar-refractivity contribution in [2.45, 2.75) is 81.3 Å². The topological polar surface area (TPSA) is 127 Å². The second kappa shape index (κ2) is 10.7. The molecule has 3 aliphatic carbocycles. The number of nitrogens with one attached hydrogen (secondary N) is 1. The van der Waals surface area contributed by atoms with Crippen molar-refractivity contribution in [2.75, 3.05) is 13.2 Å². The predicted molar refractivity (Wildman–Crippen MR) is 156 cm³/mol. The third-order valence-electron chi connectivity index (χ3n) is 10.2. The molecule has 0 radical (unpaired) electrons. The number of rotatable bonds is 10. The summed E-state index contributed by atoms with van der Waals surface area (Å²) in [7, 11) is 0. The number of carbonyl (C=O) groups excluding carboxylic acids is 2. The van der Waals surface area contributed by atoms with E-state index in [1.54, 1.807) is 17.2 Å². The first-order valence-corrected chi connectivity index (χ1v) is 15.8. The SMILES string of the molecule is O=C1O[C@@H]2C[C@@]3(C(=O)NCCO)[C@H](ON(Cc4cccc(C=CCc5ccccc5O)c4)[C@@H]13)[C@H]1OC(C3CC3)(C3CC3)O[C@H]12. The Bertz CT molecular complexity index is 1480. The number of ether oxygens (including phenoxy) is 3. The minimum absolute atomic E-state index is 0.0778. The molecule has 2 bridgehead atoms. The Labute approximate surface area is 255 Å². The molecule has 10 nitrogen and oxygen atoms in total. The summed E-state index contributed by atoms with van der Waals surface area (Å²) in [6.45, 7) is 0.123. The van der Waals surface area contributed by atoms with Crippen molar-refractivity contribution in [1.29, 1.82) is 0 Å². The van der Waals surface area contributed by atoms with Crippen LogP contribution in [-0.4, -0.2) is 76.5 Å². The molecule has 1 amide bonds. The average Bonchev–Trinajstić information content (AvgIpc) is 3.96. The summed E-state index contributed by atoms with van der Waals surface area (Å²) in [4.78, 5) is 34.4. The van der Waals surface area contributed by atoms with Gasteiger partial charge in [0.1, 0.15) is 35.6 Å². The average molecular weight is 603 g/mol. The summed E-state index contributed by atoms with van der Waals surface area (Å²) in [6.07, 6.45) is 6.61. The van der Waals surface area contributed by atoms with Crippen LogP contribution in [0.5, 0.6) is 5.75 Å². The Morgan fingerprint density at radius 1 is 1.05 bits per heavy atom. The highest BCUT2D eigenvalue weighted by molar-refractivity contribution is 5.93. The quantitative estimate of drug-likeness (QED) is 0.352. The zero-order chi connectivity index (χ0) is 30.1. The van der Waals surface area contributed by atoms with Crippen LogP contribution < -0.4 is 5.32 Å². The number of hydroxylamine groups is 2. The summed E-state index contributed by atoms with van der Waals surface area (Å²) in [6, 6.07) is 14.2. The zero-order valence-corrected chi connectivity index (χ0v) is 24.5. The number of benzene rings is 2. The Morgan fingerprint density at radius 2 is 1.82 bits per heavy atom. The minimum atomic E-state index is -1.24. The summed E-state index contributed by atoms with van der Waals surface area (Å²) < 4.78 is 19.7. The molecule has 44 heavy (non-hydrogen) atoms. The number of amides is 1. The Hall–Kier alpha value is -3.28. The smallest absolute Gasteiger partial charge is 0.327 e. The first-order valence-electron chi connectivity index (χ1n) is 15.8. The summed E-state index contributed by atoms with van der Waals surface area (Å²) in [5, 5.41) is 24.0. The molecule has 2 aromatic rings. The van der Waals surface area contributed by atoms with Gasteiger partial charge in [-0.25, -0.2) is 0 Å². The number of phenols is 1. The van der Waals surface area contributed by atoms with Gasteiger partial charge in [-0.05, 0) is 54.9 Å². The van der Waals surface area contributed by atoms with Gasteiger partial charge in [0, 0.05) is 24.8 Å². The van der Waals surface area contributed by atoms with Crippen molar-refractivity contribution in [3.8, 4) is 5.75 Å². The fourth-order valence-electron chi connectivity index (χ4n) is 7.98. The number of allylic oxidation sites excluding steroid dienone is 1. The molecule has 0 aromatic heterocycles. The predicted octanol–water partition coefficient (Wildman–Crippen LogP) is 2.86. The van der Waals surface area contributed by atoms with Crippen molar-refractivity contribution >= 4 is 18.0 Å². The fourth-order valence-corrected chi connectivity index (χ4v) is 7.98. The molecule has 0 spiro atoms. The van der Waals surface area contributed by atoms with Crippen molar-refractivity contribution in [2.24, 2.45) is 17.3 Å². The van der Waals surface area contributed by atoms with Crippen molar-refractivity contribution in [1.82, 2.24) is 10.4 Å². The molecule has 6 aliphatic rings. The van der Waals surface area contributed by atoms with Gasteiger partial charge in [-0.3, -0.25) is 14.4 Å². The van der Waals surface area contributed by atoms with Crippen LogP contribution in [0.25, 0.3) is 6.08 Å². The van der Waals surface area contributed by atoms with E-state index in [2.05, 4.69) is 5.32 Å². The van der Waals surface area contributed by atoms with Gasteiger partial charge >= 0.3 is 5.97 Å².